The lowest BCUT2D eigenvalue weighted by molar-refractivity contribution is -0.138. The fourth-order valence-corrected chi connectivity index (χ4v) is 3.79. The molecule has 1 saturated heterocycles. The Morgan fingerprint density at radius 2 is 2.03 bits per heavy atom. The predicted octanol–water partition coefficient (Wildman–Crippen LogP) is -1.46. The second-order valence-electron chi connectivity index (χ2n) is 8.07. The topological polar surface area (TPSA) is 186 Å². The lowest BCUT2D eigenvalue weighted by Gasteiger charge is -2.27. The number of aromatic nitrogens is 4. The summed E-state index contributed by atoms with van der Waals surface area (Å²) in [7, 11) is 0. The highest BCUT2D eigenvalue weighted by molar-refractivity contribution is 5.81. The lowest BCUT2D eigenvalue weighted by atomic mass is 10.1. The van der Waals surface area contributed by atoms with Crippen molar-refractivity contribution in [2.75, 3.05) is 25.4 Å². The number of aliphatic hydroxyl groups excluding tert-OH is 2. The zero-order valence-corrected chi connectivity index (χ0v) is 16.4. The molecule has 164 valence electrons. The Balaban J connectivity index is 1.47. The summed E-state index contributed by atoms with van der Waals surface area (Å²) < 4.78 is 7.53. The van der Waals surface area contributed by atoms with Gasteiger partial charge in [-0.15, -0.1) is 0 Å². The van der Waals surface area contributed by atoms with E-state index in [-0.39, 0.29) is 5.82 Å². The summed E-state index contributed by atoms with van der Waals surface area (Å²) in [6.07, 6.45) is 1.44. The largest absolute Gasteiger partial charge is 0.480 e. The molecule has 2 aliphatic rings. The first-order chi connectivity index (χ1) is 14.3. The van der Waals surface area contributed by atoms with Crippen LogP contribution in [0.5, 0.6) is 0 Å². The molecule has 4 rings (SSSR count). The molecule has 1 aliphatic heterocycles. The predicted molar refractivity (Wildman–Crippen MR) is 105 cm³/mol. The second kappa shape index (κ2) is 8.40. The van der Waals surface area contributed by atoms with Gasteiger partial charge in [-0.25, -0.2) is 15.0 Å². The fourth-order valence-electron chi connectivity index (χ4n) is 3.79. The lowest BCUT2D eigenvalue weighted by Crippen LogP contribution is -2.43. The van der Waals surface area contributed by atoms with Crippen LogP contribution in [0.25, 0.3) is 11.2 Å². The highest BCUT2D eigenvalue weighted by Crippen LogP contribution is 2.34. The number of hydrogen-bond donors (Lipinski definition) is 5. The Kier molecular flexibility index (Phi) is 5.84. The smallest absolute Gasteiger partial charge is 0.320 e. The van der Waals surface area contributed by atoms with E-state index in [2.05, 4.69) is 19.9 Å². The highest BCUT2D eigenvalue weighted by Gasteiger charge is 2.45. The molecule has 7 N–H and O–H groups in total. The van der Waals surface area contributed by atoms with Gasteiger partial charge >= 0.3 is 5.97 Å². The Morgan fingerprint density at radius 3 is 2.73 bits per heavy atom. The average Bonchev–Trinajstić information content (AvgIpc) is 3.36. The maximum Gasteiger partial charge on any atom is 0.320 e. The molecule has 12 nitrogen and oxygen atoms in total. The van der Waals surface area contributed by atoms with Crippen molar-refractivity contribution in [3.8, 4) is 0 Å². The molecule has 0 bridgehead atoms. The van der Waals surface area contributed by atoms with E-state index in [9.17, 15) is 15.0 Å². The third-order valence-electron chi connectivity index (χ3n) is 5.72. The van der Waals surface area contributed by atoms with Gasteiger partial charge in [-0.05, 0) is 25.2 Å². The number of nitrogens with zero attached hydrogens (tertiary/aromatic N) is 5. The van der Waals surface area contributed by atoms with E-state index < -0.39 is 36.6 Å². The van der Waals surface area contributed by atoms with Crippen LogP contribution in [0.15, 0.2) is 12.7 Å². The third kappa shape index (κ3) is 4.23. The molecule has 1 aliphatic carbocycles. The number of hydrogen-bond acceptors (Lipinski definition) is 10. The first kappa shape index (κ1) is 20.9. The van der Waals surface area contributed by atoms with Gasteiger partial charge in [-0.2, -0.15) is 0 Å². The van der Waals surface area contributed by atoms with Gasteiger partial charge in [-0.3, -0.25) is 9.36 Å². The fraction of sp³-hybridized carbons (Fsp3) is 0.667. The van der Waals surface area contributed by atoms with Crippen LogP contribution in [0, 0.1) is 5.92 Å². The monoisotopic (exact) mass is 421 g/mol. The van der Waals surface area contributed by atoms with E-state index in [0.717, 1.165) is 19.4 Å². The summed E-state index contributed by atoms with van der Waals surface area (Å²) in [6.45, 7) is 1.59. The summed E-state index contributed by atoms with van der Waals surface area (Å²) in [4.78, 5) is 25.3. The van der Waals surface area contributed by atoms with E-state index in [1.54, 1.807) is 0 Å². The zero-order chi connectivity index (χ0) is 21.4. The number of ether oxygens (including phenoxy) is 1. The van der Waals surface area contributed by atoms with Gasteiger partial charge in [0.25, 0.3) is 0 Å². The standard InChI is InChI=1S/C18H27N7O5/c19-10(18(28)29)3-4-24(5-9-1-2-9)6-11-13(26)14(27)17(30-11)25-8-23-12-15(20)21-7-22-16(12)25/h7-11,13-14,17,26-27H,1-6,19H2,(H,28,29)(H2,20,21,22)/t10-,11+,13+,14+,17+/m0/s1. The molecule has 30 heavy (non-hydrogen) atoms. The maximum atomic E-state index is 11.0. The molecular formula is C18H27N7O5. The Labute approximate surface area is 172 Å². The number of anilines is 1. The van der Waals surface area contributed by atoms with Crippen LogP contribution < -0.4 is 11.5 Å². The number of fused-ring (bicyclic) bond motifs is 1. The van der Waals surface area contributed by atoms with Crippen LogP contribution in [0.4, 0.5) is 5.82 Å². The molecule has 0 spiro atoms. The minimum Gasteiger partial charge on any atom is -0.480 e. The van der Waals surface area contributed by atoms with E-state index in [1.165, 1.54) is 17.2 Å². The number of aliphatic carboxylic acids is 1. The van der Waals surface area contributed by atoms with Gasteiger partial charge < -0.3 is 36.4 Å². The number of carboxylic acid groups (broad SMARTS) is 1. The first-order valence-electron chi connectivity index (χ1n) is 10.0. The zero-order valence-electron chi connectivity index (χ0n) is 16.4. The third-order valence-corrected chi connectivity index (χ3v) is 5.72. The van der Waals surface area contributed by atoms with Crippen LogP contribution in [0.1, 0.15) is 25.5 Å². The molecule has 12 heteroatoms. The van der Waals surface area contributed by atoms with Gasteiger partial charge in [0.15, 0.2) is 17.7 Å². The Morgan fingerprint density at radius 1 is 1.27 bits per heavy atom. The van der Waals surface area contributed by atoms with E-state index in [1.807, 2.05) is 0 Å². The quantitative estimate of drug-likeness (QED) is 0.318. The minimum absolute atomic E-state index is 0.216. The van der Waals surface area contributed by atoms with Crippen LogP contribution in [0.3, 0.4) is 0 Å². The van der Waals surface area contributed by atoms with Gasteiger partial charge in [0.2, 0.25) is 0 Å². The molecular weight excluding hydrogens is 394 g/mol. The first-order valence-corrected chi connectivity index (χ1v) is 10.0. The van der Waals surface area contributed by atoms with E-state index in [4.69, 9.17) is 21.3 Å². The van der Waals surface area contributed by atoms with Gasteiger partial charge in [0.1, 0.15) is 36.2 Å². The molecule has 2 aromatic rings. The second-order valence-corrected chi connectivity index (χ2v) is 8.07. The van der Waals surface area contributed by atoms with Crippen LogP contribution >= 0.6 is 0 Å². The normalized spacial score (nSPS) is 27.7. The van der Waals surface area contributed by atoms with E-state index in [0.29, 0.717) is 36.6 Å². The molecule has 0 radical (unpaired) electrons. The van der Waals surface area contributed by atoms with Gasteiger partial charge in [0, 0.05) is 19.6 Å². The van der Waals surface area contributed by atoms with Crippen molar-refractivity contribution < 1.29 is 24.9 Å². The molecule has 0 aromatic carbocycles. The summed E-state index contributed by atoms with van der Waals surface area (Å²) in [5.41, 5.74) is 12.3. The van der Waals surface area contributed by atoms with Crippen molar-refractivity contribution in [3.63, 3.8) is 0 Å². The van der Waals surface area contributed by atoms with Crippen molar-refractivity contribution in [3.05, 3.63) is 12.7 Å². The number of rotatable bonds is 9. The summed E-state index contributed by atoms with van der Waals surface area (Å²) >= 11 is 0. The Hall–Kier alpha value is -2.38. The van der Waals surface area contributed by atoms with Crippen molar-refractivity contribution >= 4 is 23.0 Å². The molecule has 5 atom stereocenters. The van der Waals surface area contributed by atoms with Crippen LogP contribution in [0.2, 0.25) is 0 Å². The van der Waals surface area contributed by atoms with Crippen molar-refractivity contribution in [2.24, 2.45) is 11.7 Å². The van der Waals surface area contributed by atoms with Crippen molar-refractivity contribution in [2.45, 2.75) is 49.8 Å². The van der Waals surface area contributed by atoms with Crippen molar-refractivity contribution in [1.82, 2.24) is 24.4 Å². The molecule has 2 aromatic heterocycles. The Bertz CT molecular complexity index is 904. The number of imidazole rings is 1. The number of aliphatic hydroxyl groups is 2. The number of nitrogen functional groups attached to an aromatic ring is 1. The van der Waals surface area contributed by atoms with E-state index >= 15 is 0 Å². The van der Waals surface area contributed by atoms with Gasteiger partial charge in [0.05, 0.1) is 6.33 Å². The van der Waals surface area contributed by atoms with Gasteiger partial charge in [-0.1, -0.05) is 0 Å². The van der Waals surface area contributed by atoms with Crippen LogP contribution in [-0.2, 0) is 9.53 Å². The number of carbonyl (C=O) groups is 1. The summed E-state index contributed by atoms with van der Waals surface area (Å²) in [5, 5.41) is 30.2. The number of carboxylic acids is 1. The average molecular weight is 421 g/mol. The van der Waals surface area contributed by atoms with Crippen LogP contribution in [-0.4, -0.2) is 89.7 Å². The summed E-state index contributed by atoms with van der Waals surface area (Å²) in [6, 6.07) is -0.943. The molecule has 0 unspecified atom stereocenters. The minimum atomic E-state index is -1.19. The maximum absolute atomic E-state index is 11.0. The van der Waals surface area contributed by atoms with Crippen molar-refractivity contribution in [1.29, 1.82) is 0 Å². The molecule has 2 fully saturated rings. The summed E-state index contributed by atoms with van der Waals surface area (Å²) in [5.74, 6) is -0.265. The highest BCUT2D eigenvalue weighted by atomic mass is 16.6. The molecule has 0 amide bonds. The SMILES string of the molecule is Nc1ncnc2c1ncn2[C@@H]1O[C@H](CN(CC[C@H](N)C(=O)O)CC2CC2)[C@@H](O)[C@H]1O. The molecule has 3 heterocycles. The number of nitrogens with two attached hydrogens (primary N) is 2. The molecule has 1 saturated carbocycles.